The second-order valence-corrected chi connectivity index (χ2v) is 4.39. The minimum absolute atomic E-state index is 0.427. The molecular formula is C17H14N2O2. The summed E-state index contributed by atoms with van der Waals surface area (Å²) in [6.45, 7) is 0. The molecule has 0 fully saturated rings. The normalized spacial score (nSPS) is 10.1. The second kappa shape index (κ2) is 5.96. The SMILES string of the molecule is Nc1cccc(Oc2ccc(Oc3ccccc3)cc2)n1. The van der Waals surface area contributed by atoms with Gasteiger partial charge in [-0.3, -0.25) is 0 Å². The first-order valence-electron chi connectivity index (χ1n) is 6.53. The number of nitrogens with two attached hydrogens (primary N) is 1. The fourth-order valence-electron chi connectivity index (χ4n) is 1.81. The standard InChI is InChI=1S/C17H14N2O2/c18-16-7-4-8-17(19-16)21-15-11-9-14(10-12-15)20-13-5-2-1-3-6-13/h1-12H,(H2,18,19). The number of ether oxygens (including phenoxy) is 2. The highest BCUT2D eigenvalue weighted by molar-refractivity contribution is 5.38. The van der Waals surface area contributed by atoms with Crippen LogP contribution in [0.4, 0.5) is 5.82 Å². The van der Waals surface area contributed by atoms with Gasteiger partial charge >= 0.3 is 0 Å². The van der Waals surface area contributed by atoms with Crippen molar-refractivity contribution in [1.29, 1.82) is 0 Å². The fourth-order valence-corrected chi connectivity index (χ4v) is 1.81. The van der Waals surface area contributed by atoms with Crippen molar-refractivity contribution in [3.63, 3.8) is 0 Å². The van der Waals surface area contributed by atoms with Gasteiger partial charge in [-0.25, -0.2) is 0 Å². The van der Waals surface area contributed by atoms with Crippen molar-refractivity contribution in [3.8, 4) is 23.1 Å². The average Bonchev–Trinajstić information content (AvgIpc) is 2.50. The third kappa shape index (κ3) is 3.51. The quantitative estimate of drug-likeness (QED) is 0.775. The van der Waals surface area contributed by atoms with Crippen LogP contribution in [-0.4, -0.2) is 4.98 Å². The maximum Gasteiger partial charge on any atom is 0.221 e. The molecule has 0 aliphatic rings. The van der Waals surface area contributed by atoms with Gasteiger partial charge in [-0.15, -0.1) is 0 Å². The number of para-hydroxylation sites is 1. The van der Waals surface area contributed by atoms with Gasteiger partial charge in [-0.1, -0.05) is 24.3 Å². The molecule has 0 aliphatic heterocycles. The molecule has 0 amide bonds. The molecule has 2 aromatic carbocycles. The van der Waals surface area contributed by atoms with Crippen LogP contribution in [0.3, 0.4) is 0 Å². The molecule has 4 nitrogen and oxygen atoms in total. The van der Waals surface area contributed by atoms with Crippen LogP contribution in [0, 0.1) is 0 Å². The Balaban J connectivity index is 1.69. The van der Waals surface area contributed by atoms with Crippen molar-refractivity contribution in [3.05, 3.63) is 72.8 Å². The van der Waals surface area contributed by atoms with Gasteiger partial charge in [0, 0.05) is 6.07 Å². The number of benzene rings is 2. The molecule has 1 aromatic heterocycles. The lowest BCUT2D eigenvalue weighted by Crippen LogP contribution is -1.92. The lowest BCUT2D eigenvalue weighted by molar-refractivity contribution is 0.457. The van der Waals surface area contributed by atoms with E-state index in [0.29, 0.717) is 17.4 Å². The van der Waals surface area contributed by atoms with Crippen molar-refractivity contribution in [2.75, 3.05) is 5.73 Å². The van der Waals surface area contributed by atoms with E-state index in [4.69, 9.17) is 15.2 Å². The highest BCUT2D eigenvalue weighted by Crippen LogP contribution is 2.26. The van der Waals surface area contributed by atoms with Crippen LogP contribution in [0.1, 0.15) is 0 Å². The molecule has 0 spiro atoms. The van der Waals surface area contributed by atoms with E-state index in [1.54, 1.807) is 18.2 Å². The number of hydrogen-bond acceptors (Lipinski definition) is 4. The molecule has 104 valence electrons. The minimum Gasteiger partial charge on any atom is -0.457 e. The summed E-state index contributed by atoms with van der Waals surface area (Å²) in [5.41, 5.74) is 5.61. The van der Waals surface area contributed by atoms with Crippen molar-refractivity contribution in [1.82, 2.24) is 4.98 Å². The zero-order valence-corrected chi connectivity index (χ0v) is 11.3. The minimum atomic E-state index is 0.427. The van der Waals surface area contributed by atoms with Gasteiger partial charge in [0.1, 0.15) is 23.1 Å². The Morgan fingerprint density at radius 2 is 1.24 bits per heavy atom. The number of aromatic nitrogens is 1. The molecule has 0 unspecified atom stereocenters. The van der Waals surface area contributed by atoms with Crippen LogP contribution in [0.2, 0.25) is 0 Å². The van der Waals surface area contributed by atoms with Crippen LogP contribution < -0.4 is 15.2 Å². The van der Waals surface area contributed by atoms with Gasteiger partial charge in [0.15, 0.2) is 0 Å². The van der Waals surface area contributed by atoms with E-state index in [2.05, 4.69) is 4.98 Å². The monoisotopic (exact) mass is 278 g/mol. The Kier molecular flexibility index (Phi) is 3.69. The summed E-state index contributed by atoms with van der Waals surface area (Å²) in [5.74, 6) is 3.11. The van der Waals surface area contributed by atoms with Gasteiger partial charge in [-0.05, 0) is 42.5 Å². The lowest BCUT2D eigenvalue weighted by Gasteiger charge is -2.08. The molecule has 0 saturated heterocycles. The average molecular weight is 278 g/mol. The summed E-state index contributed by atoms with van der Waals surface area (Å²) >= 11 is 0. The summed E-state index contributed by atoms with van der Waals surface area (Å²) in [7, 11) is 0. The van der Waals surface area contributed by atoms with Crippen molar-refractivity contribution in [2.24, 2.45) is 0 Å². The number of nitrogen functional groups attached to an aromatic ring is 1. The van der Waals surface area contributed by atoms with Crippen LogP contribution in [-0.2, 0) is 0 Å². The van der Waals surface area contributed by atoms with Crippen molar-refractivity contribution in [2.45, 2.75) is 0 Å². The number of anilines is 1. The van der Waals surface area contributed by atoms with Gasteiger partial charge in [-0.2, -0.15) is 4.98 Å². The number of rotatable bonds is 4. The Morgan fingerprint density at radius 3 is 1.90 bits per heavy atom. The molecule has 2 N–H and O–H groups in total. The fraction of sp³-hybridized carbons (Fsp3) is 0. The smallest absolute Gasteiger partial charge is 0.221 e. The molecule has 1 heterocycles. The largest absolute Gasteiger partial charge is 0.457 e. The highest BCUT2D eigenvalue weighted by Gasteiger charge is 2.01. The van der Waals surface area contributed by atoms with E-state index in [1.165, 1.54) is 0 Å². The molecule has 0 atom stereocenters. The van der Waals surface area contributed by atoms with Gasteiger partial charge in [0.2, 0.25) is 5.88 Å². The van der Waals surface area contributed by atoms with Crippen LogP contribution in [0.15, 0.2) is 72.8 Å². The summed E-state index contributed by atoms with van der Waals surface area (Å²) < 4.78 is 11.3. The molecule has 21 heavy (non-hydrogen) atoms. The molecule has 0 bridgehead atoms. The van der Waals surface area contributed by atoms with Crippen molar-refractivity contribution >= 4 is 5.82 Å². The van der Waals surface area contributed by atoms with Gasteiger partial charge in [0.25, 0.3) is 0 Å². The molecule has 0 saturated carbocycles. The van der Waals surface area contributed by atoms with E-state index >= 15 is 0 Å². The van der Waals surface area contributed by atoms with Gasteiger partial charge in [0.05, 0.1) is 0 Å². The summed E-state index contributed by atoms with van der Waals surface area (Å²) in [6.07, 6.45) is 0. The summed E-state index contributed by atoms with van der Waals surface area (Å²) in [4.78, 5) is 4.08. The van der Waals surface area contributed by atoms with E-state index in [0.717, 1.165) is 11.5 Å². The van der Waals surface area contributed by atoms with E-state index in [1.807, 2.05) is 54.6 Å². The van der Waals surface area contributed by atoms with Crippen LogP contribution in [0.5, 0.6) is 23.1 Å². The van der Waals surface area contributed by atoms with Crippen LogP contribution in [0.25, 0.3) is 0 Å². The maximum atomic E-state index is 5.71. The first kappa shape index (κ1) is 13.0. The molecule has 3 aromatic rings. The summed E-state index contributed by atoms with van der Waals surface area (Å²) in [6, 6.07) is 22.2. The van der Waals surface area contributed by atoms with Crippen molar-refractivity contribution < 1.29 is 9.47 Å². The Bertz CT molecular complexity index is 712. The molecular weight excluding hydrogens is 264 g/mol. The molecule has 3 rings (SSSR count). The first-order chi connectivity index (χ1) is 10.3. The number of pyridine rings is 1. The topological polar surface area (TPSA) is 57.4 Å². The lowest BCUT2D eigenvalue weighted by atomic mass is 10.3. The second-order valence-electron chi connectivity index (χ2n) is 4.39. The Labute approximate surface area is 122 Å². The van der Waals surface area contributed by atoms with E-state index in [-0.39, 0.29) is 0 Å². The zero-order valence-electron chi connectivity index (χ0n) is 11.3. The number of nitrogens with zero attached hydrogens (tertiary/aromatic N) is 1. The van der Waals surface area contributed by atoms with Crippen LogP contribution >= 0.6 is 0 Å². The summed E-state index contributed by atoms with van der Waals surface area (Å²) in [5, 5.41) is 0. The Morgan fingerprint density at radius 1 is 0.619 bits per heavy atom. The molecule has 4 heteroatoms. The zero-order chi connectivity index (χ0) is 14.5. The molecule has 0 radical (unpaired) electrons. The predicted octanol–water partition coefficient (Wildman–Crippen LogP) is 4.25. The highest BCUT2D eigenvalue weighted by atomic mass is 16.5. The maximum absolute atomic E-state index is 5.71. The molecule has 0 aliphatic carbocycles. The third-order valence-electron chi connectivity index (χ3n) is 2.77. The number of hydrogen-bond donors (Lipinski definition) is 1. The van der Waals surface area contributed by atoms with Gasteiger partial charge < -0.3 is 15.2 Å². The van der Waals surface area contributed by atoms with E-state index < -0.39 is 0 Å². The first-order valence-corrected chi connectivity index (χ1v) is 6.53. The Hall–Kier alpha value is -3.01. The third-order valence-corrected chi connectivity index (χ3v) is 2.77. The predicted molar refractivity (Wildman–Crippen MR) is 81.7 cm³/mol. The van der Waals surface area contributed by atoms with E-state index in [9.17, 15) is 0 Å².